The molecule has 1 saturated carbocycles. The molecule has 6 nitrogen and oxygen atoms in total. The van der Waals surface area contributed by atoms with Crippen LogP contribution in [-0.2, 0) is 6.42 Å². The second-order valence-electron chi connectivity index (χ2n) is 9.87. The van der Waals surface area contributed by atoms with Crippen molar-refractivity contribution in [3.63, 3.8) is 0 Å². The van der Waals surface area contributed by atoms with Gasteiger partial charge in [0.1, 0.15) is 5.52 Å². The number of pyridine rings is 1. The van der Waals surface area contributed by atoms with Crippen LogP contribution in [0.4, 0.5) is 11.8 Å². The first-order chi connectivity index (χ1) is 16.0. The Bertz CT molecular complexity index is 1060. The van der Waals surface area contributed by atoms with E-state index in [2.05, 4.69) is 51.5 Å². The molecule has 0 spiro atoms. The zero-order chi connectivity index (χ0) is 23.3. The first-order valence-corrected chi connectivity index (χ1v) is 12.4. The topological polar surface area (TPSA) is 97.0 Å². The Morgan fingerprint density at radius 1 is 1.09 bits per heavy atom. The number of anilines is 2. The fourth-order valence-corrected chi connectivity index (χ4v) is 4.87. The van der Waals surface area contributed by atoms with E-state index < -0.39 is 5.54 Å². The van der Waals surface area contributed by atoms with Crippen molar-refractivity contribution in [1.82, 2.24) is 15.0 Å². The molecule has 1 aliphatic carbocycles. The van der Waals surface area contributed by atoms with Gasteiger partial charge in [0.2, 0.25) is 5.95 Å². The van der Waals surface area contributed by atoms with E-state index in [1.807, 2.05) is 19.2 Å². The van der Waals surface area contributed by atoms with Gasteiger partial charge < -0.3 is 16.2 Å². The van der Waals surface area contributed by atoms with E-state index in [-0.39, 0.29) is 12.6 Å². The summed E-state index contributed by atoms with van der Waals surface area (Å²) in [5.41, 5.74) is 10.4. The van der Waals surface area contributed by atoms with Gasteiger partial charge in [-0.05, 0) is 42.9 Å². The normalized spacial score (nSPS) is 16.6. The molecule has 1 unspecified atom stereocenters. The van der Waals surface area contributed by atoms with Crippen molar-refractivity contribution < 1.29 is 5.11 Å². The molecule has 1 atom stereocenters. The Morgan fingerprint density at radius 2 is 1.85 bits per heavy atom. The minimum atomic E-state index is -0.488. The first kappa shape index (κ1) is 23.4. The summed E-state index contributed by atoms with van der Waals surface area (Å²) >= 11 is 0. The smallest absolute Gasteiger partial charge is 0.222 e. The SMILES string of the molecule is CCCCC(C)(CO)Nc1nc(N)nc2cc(-c3ccc(CC4CCCCC4)cc3)cnc12. The van der Waals surface area contributed by atoms with E-state index in [9.17, 15) is 5.11 Å². The number of aromatic nitrogens is 3. The Hall–Kier alpha value is -2.73. The Labute approximate surface area is 197 Å². The summed E-state index contributed by atoms with van der Waals surface area (Å²) in [6.07, 6.45) is 12.8. The minimum Gasteiger partial charge on any atom is -0.394 e. The molecular formula is C27H37N5O. The molecule has 0 amide bonds. The van der Waals surface area contributed by atoms with Gasteiger partial charge >= 0.3 is 0 Å². The van der Waals surface area contributed by atoms with Crippen molar-refractivity contribution in [2.45, 2.75) is 77.2 Å². The van der Waals surface area contributed by atoms with E-state index in [4.69, 9.17) is 5.73 Å². The zero-order valence-electron chi connectivity index (χ0n) is 20.0. The van der Waals surface area contributed by atoms with Crippen molar-refractivity contribution in [2.75, 3.05) is 17.7 Å². The molecular weight excluding hydrogens is 410 g/mol. The van der Waals surface area contributed by atoms with Gasteiger partial charge in [-0.1, -0.05) is 76.1 Å². The van der Waals surface area contributed by atoms with Gasteiger partial charge in [0, 0.05) is 11.8 Å². The molecule has 6 heteroatoms. The minimum absolute atomic E-state index is 0.00366. The van der Waals surface area contributed by atoms with Crippen molar-refractivity contribution in [2.24, 2.45) is 5.92 Å². The van der Waals surface area contributed by atoms with Crippen molar-refractivity contribution >= 4 is 22.8 Å². The van der Waals surface area contributed by atoms with Crippen LogP contribution in [-0.4, -0.2) is 32.2 Å². The van der Waals surface area contributed by atoms with E-state index in [1.165, 1.54) is 44.1 Å². The van der Waals surface area contributed by atoms with Crippen LogP contribution in [0.3, 0.4) is 0 Å². The quantitative estimate of drug-likeness (QED) is 0.386. The average molecular weight is 448 g/mol. The van der Waals surface area contributed by atoms with E-state index >= 15 is 0 Å². The van der Waals surface area contributed by atoms with Crippen LogP contribution in [0.2, 0.25) is 0 Å². The molecule has 0 aliphatic heterocycles. The lowest BCUT2D eigenvalue weighted by molar-refractivity contribution is 0.212. The molecule has 1 aliphatic rings. The number of nitrogens with one attached hydrogen (secondary N) is 1. The molecule has 1 fully saturated rings. The van der Waals surface area contributed by atoms with Crippen LogP contribution in [0.25, 0.3) is 22.2 Å². The molecule has 0 saturated heterocycles. The number of benzene rings is 1. The molecule has 1 aromatic carbocycles. The van der Waals surface area contributed by atoms with Crippen LogP contribution in [0.5, 0.6) is 0 Å². The number of fused-ring (bicyclic) bond motifs is 1. The van der Waals surface area contributed by atoms with Crippen LogP contribution >= 0.6 is 0 Å². The summed E-state index contributed by atoms with van der Waals surface area (Å²) in [6, 6.07) is 10.9. The summed E-state index contributed by atoms with van der Waals surface area (Å²) < 4.78 is 0. The van der Waals surface area contributed by atoms with E-state index in [0.29, 0.717) is 16.9 Å². The predicted octanol–water partition coefficient (Wildman–Crippen LogP) is 5.75. The highest BCUT2D eigenvalue weighted by molar-refractivity contribution is 5.89. The third-order valence-electron chi connectivity index (χ3n) is 6.94. The third kappa shape index (κ3) is 5.80. The second-order valence-corrected chi connectivity index (χ2v) is 9.87. The lowest BCUT2D eigenvalue weighted by Gasteiger charge is -2.29. The molecule has 33 heavy (non-hydrogen) atoms. The standard InChI is InChI=1S/C27H37N5O/c1-3-4-14-27(2,18-33)32-25-24-23(30-26(28)31-25)16-22(17-29-24)21-12-10-20(11-13-21)15-19-8-6-5-7-9-19/h10-13,16-17,19,33H,3-9,14-15,18H2,1-2H3,(H3,28,30,31,32). The summed E-state index contributed by atoms with van der Waals surface area (Å²) in [5.74, 6) is 1.60. The summed E-state index contributed by atoms with van der Waals surface area (Å²) in [4.78, 5) is 13.5. The third-order valence-corrected chi connectivity index (χ3v) is 6.94. The van der Waals surface area contributed by atoms with Gasteiger partial charge in [-0.3, -0.25) is 4.98 Å². The molecule has 4 rings (SSSR count). The number of nitrogens with zero attached hydrogens (tertiary/aromatic N) is 3. The number of hydrogen-bond acceptors (Lipinski definition) is 6. The maximum atomic E-state index is 9.98. The van der Waals surface area contributed by atoms with Gasteiger partial charge in [-0.15, -0.1) is 0 Å². The Kier molecular flexibility index (Phi) is 7.43. The van der Waals surface area contributed by atoms with Crippen molar-refractivity contribution in [3.05, 3.63) is 42.1 Å². The van der Waals surface area contributed by atoms with Gasteiger partial charge in [-0.2, -0.15) is 4.98 Å². The van der Waals surface area contributed by atoms with Crippen molar-refractivity contribution in [1.29, 1.82) is 0 Å². The van der Waals surface area contributed by atoms with Gasteiger partial charge in [-0.25, -0.2) is 4.98 Å². The highest BCUT2D eigenvalue weighted by Crippen LogP contribution is 2.30. The maximum absolute atomic E-state index is 9.98. The van der Waals surface area contributed by atoms with Gasteiger partial charge in [0.05, 0.1) is 17.7 Å². The fourth-order valence-electron chi connectivity index (χ4n) is 4.87. The summed E-state index contributed by atoms with van der Waals surface area (Å²) in [7, 11) is 0. The lowest BCUT2D eigenvalue weighted by Crippen LogP contribution is -2.39. The van der Waals surface area contributed by atoms with E-state index in [0.717, 1.165) is 36.3 Å². The number of hydrogen-bond donors (Lipinski definition) is 3. The summed E-state index contributed by atoms with van der Waals surface area (Å²) in [6.45, 7) is 4.14. The number of rotatable bonds is 9. The maximum Gasteiger partial charge on any atom is 0.222 e. The molecule has 2 heterocycles. The van der Waals surface area contributed by atoms with Crippen LogP contribution < -0.4 is 11.1 Å². The number of nitrogens with two attached hydrogens (primary N) is 1. The molecule has 4 N–H and O–H groups in total. The highest BCUT2D eigenvalue weighted by atomic mass is 16.3. The number of aliphatic hydroxyl groups excluding tert-OH is 1. The zero-order valence-corrected chi connectivity index (χ0v) is 20.0. The lowest BCUT2D eigenvalue weighted by atomic mass is 9.85. The summed E-state index contributed by atoms with van der Waals surface area (Å²) in [5, 5.41) is 13.4. The van der Waals surface area contributed by atoms with Crippen LogP contribution in [0.1, 0.15) is 70.8 Å². The second kappa shape index (κ2) is 10.5. The van der Waals surface area contributed by atoms with Crippen LogP contribution in [0, 0.1) is 5.92 Å². The molecule has 3 aromatic rings. The average Bonchev–Trinajstić information content (AvgIpc) is 2.83. The highest BCUT2D eigenvalue weighted by Gasteiger charge is 2.25. The van der Waals surface area contributed by atoms with Gasteiger partial charge in [0.25, 0.3) is 0 Å². The predicted molar refractivity (Wildman–Crippen MR) is 136 cm³/mol. The Balaban J connectivity index is 1.56. The number of unbranched alkanes of at least 4 members (excludes halogenated alkanes) is 1. The monoisotopic (exact) mass is 447 g/mol. The largest absolute Gasteiger partial charge is 0.394 e. The molecule has 176 valence electrons. The molecule has 0 bridgehead atoms. The number of nitrogen functional groups attached to an aromatic ring is 1. The molecule has 2 aromatic heterocycles. The Morgan fingerprint density at radius 3 is 2.55 bits per heavy atom. The van der Waals surface area contributed by atoms with Gasteiger partial charge in [0.15, 0.2) is 5.82 Å². The van der Waals surface area contributed by atoms with E-state index in [1.54, 1.807) is 0 Å². The molecule has 0 radical (unpaired) electrons. The number of aliphatic hydroxyl groups is 1. The fraction of sp³-hybridized carbons (Fsp3) is 0.519. The van der Waals surface area contributed by atoms with Crippen molar-refractivity contribution in [3.8, 4) is 11.1 Å². The first-order valence-electron chi connectivity index (χ1n) is 12.4. The van der Waals surface area contributed by atoms with Crippen LogP contribution in [0.15, 0.2) is 36.5 Å².